The third-order valence-corrected chi connectivity index (χ3v) is 7.26. The number of thiol groups is 1. The number of thioether (sulfide) groups is 1. The Hall–Kier alpha value is 0.0500. The highest BCUT2D eigenvalue weighted by Gasteiger charge is 2.47. The van der Waals surface area contributed by atoms with Gasteiger partial charge >= 0.3 is 0 Å². The summed E-state index contributed by atoms with van der Waals surface area (Å²) in [6.45, 7) is 0. The van der Waals surface area contributed by atoms with E-state index in [0.717, 1.165) is 4.88 Å². The average molecular weight is 279 g/mol. The van der Waals surface area contributed by atoms with Crippen molar-refractivity contribution in [1.82, 2.24) is 0 Å². The Bertz CT molecular complexity index is 491. The van der Waals surface area contributed by atoms with Crippen molar-refractivity contribution in [3.05, 3.63) is 32.7 Å². The van der Waals surface area contributed by atoms with Crippen molar-refractivity contribution >= 4 is 45.8 Å². The van der Waals surface area contributed by atoms with Crippen LogP contribution in [-0.4, -0.2) is 8.42 Å². The van der Waals surface area contributed by atoms with Crippen molar-refractivity contribution in [2.24, 2.45) is 5.14 Å². The number of thiophene rings is 1. The maximum absolute atomic E-state index is 11.7. The zero-order valence-corrected chi connectivity index (χ0v) is 10.9. The second-order valence-corrected chi connectivity index (χ2v) is 8.24. The quantitative estimate of drug-likeness (QED) is 0.815. The van der Waals surface area contributed by atoms with E-state index in [4.69, 9.17) is 5.14 Å². The van der Waals surface area contributed by atoms with Gasteiger partial charge in [-0.15, -0.1) is 24.0 Å². The number of sulfonamides is 1. The number of hydrogen-bond acceptors (Lipinski definition) is 5. The maximum Gasteiger partial charge on any atom is 0.230 e. The zero-order chi connectivity index (χ0) is 11.1. The van der Waals surface area contributed by atoms with E-state index in [2.05, 4.69) is 12.6 Å². The van der Waals surface area contributed by atoms with Crippen LogP contribution in [0.4, 0.5) is 0 Å². The molecule has 7 heteroatoms. The molecule has 3 nitrogen and oxygen atoms in total. The molecule has 0 fully saturated rings. The van der Waals surface area contributed by atoms with Crippen LogP contribution < -0.4 is 5.14 Å². The lowest BCUT2D eigenvalue weighted by Gasteiger charge is -2.24. The average Bonchev–Trinajstić information content (AvgIpc) is 2.69. The molecule has 0 saturated carbocycles. The standard InChI is InChI=1S/C8H9NO2S4/c9-15(10,11)8(4-3-7(12)14-8)6-2-1-5-13-6/h1-3,5,12H,4H2,(H2,9,10,11)/t8-/m0/s1. The summed E-state index contributed by atoms with van der Waals surface area (Å²) < 4.78 is 23.0. The second-order valence-electron chi connectivity index (χ2n) is 3.12. The van der Waals surface area contributed by atoms with Crippen LogP contribution in [0.2, 0.25) is 0 Å². The minimum absolute atomic E-state index is 0.385. The molecule has 2 rings (SSSR count). The zero-order valence-electron chi connectivity index (χ0n) is 7.58. The highest BCUT2D eigenvalue weighted by molar-refractivity contribution is 8.22. The molecule has 0 unspecified atom stereocenters. The van der Waals surface area contributed by atoms with Gasteiger partial charge in [0.25, 0.3) is 0 Å². The lowest BCUT2D eigenvalue weighted by atomic mass is 10.2. The molecule has 82 valence electrons. The Morgan fingerprint density at radius 3 is 2.67 bits per heavy atom. The lowest BCUT2D eigenvalue weighted by molar-refractivity contribution is 0.579. The van der Waals surface area contributed by atoms with Crippen LogP contribution in [0.5, 0.6) is 0 Å². The first-order valence-corrected chi connectivity index (χ1v) is 7.79. The Morgan fingerprint density at radius 1 is 1.53 bits per heavy atom. The summed E-state index contributed by atoms with van der Waals surface area (Å²) in [6, 6.07) is 3.62. The van der Waals surface area contributed by atoms with Crippen molar-refractivity contribution in [3.63, 3.8) is 0 Å². The number of hydrogen-bond donors (Lipinski definition) is 2. The predicted octanol–water partition coefficient (Wildman–Crippen LogP) is 2.10. The molecule has 1 aliphatic rings. The third kappa shape index (κ3) is 1.87. The fraction of sp³-hybridized carbons (Fsp3) is 0.250. The van der Waals surface area contributed by atoms with Crippen LogP contribution in [0.1, 0.15) is 11.3 Å². The fourth-order valence-corrected chi connectivity index (χ4v) is 5.90. The van der Waals surface area contributed by atoms with Crippen LogP contribution in [-0.2, 0) is 14.1 Å². The summed E-state index contributed by atoms with van der Waals surface area (Å²) in [5, 5.41) is 7.17. The minimum Gasteiger partial charge on any atom is -0.227 e. The molecule has 1 aromatic rings. The van der Waals surface area contributed by atoms with E-state index in [9.17, 15) is 8.42 Å². The molecular weight excluding hydrogens is 270 g/mol. The topological polar surface area (TPSA) is 60.2 Å². The van der Waals surface area contributed by atoms with Crippen LogP contribution in [0.25, 0.3) is 0 Å². The predicted molar refractivity (Wildman–Crippen MR) is 68.4 cm³/mol. The largest absolute Gasteiger partial charge is 0.230 e. The van der Waals surface area contributed by atoms with Gasteiger partial charge in [-0.25, -0.2) is 13.6 Å². The van der Waals surface area contributed by atoms with Crippen molar-refractivity contribution < 1.29 is 8.42 Å². The third-order valence-electron chi connectivity index (χ3n) is 2.17. The van der Waals surface area contributed by atoms with Gasteiger partial charge in [0.2, 0.25) is 10.0 Å². The van der Waals surface area contributed by atoms with E-state index in [0.29, 0.717) is 10.7 Å². The monoisotopic (exact) mass is 279 g/mol. The normalized spacial score (nSPS) is 26.7. The fourth-order valence-electron chi connectivity index (χ4n) is 1.43. The van der Waals surface area contributed by atoms with Gasteiger partial charge in [-0.05, 0) is 11.4 Å². The Labute approximate surface area is 102 Å². The highest BCUT2D eigenvalue weighted by atomic mass is 32.3. The maximum atomic E-state index is 11.7. The molecule has 2 N–H and O–H groups in total. The molecule has 0 bridgehead atoms. The van der Waals surface area contributed by atoms with E-state index in [1.165, 1.54) is 23.1 Å². The molecule has 0 saturated heterocycles. The molecule has 1 atom stereocenters. The molecule has 0 radical (unpaired) electrons. The van der Waals surface area contributed by atoms with Crippen LogP contribution in [0.3, 0.4) is 0 Å². The number of nitrogens with two attached hydrogens (primary N) is 1. The van der Waals surface area contributed by atoms with Crippen molar-refractivity contribution in [1.29, 1.82) is 0 Å². The van der Waals surface area contributed by atoms with E-state index >= 15 is 0 Å². The number of allylic oxidation sites excluding steroid dienone is 1. The number of primary sulfonamides is 1. The Morgan fingerprint density at radius 2 is 2.27 bits per heavy atom. The second kappa shape index (κ2) is 3.81. The summed E-state index contributed by atoms with van der Waals surface area (Å²) in [6.07, 6.45) is 2.17. The molecule has 1 aromatic heterocycles. The van der Waals surface area contributed by atoms with Gasteiger partial charge in [-0.3, -0.25) is 0 Å². The molecule has 0 spiro atoms. The summed E-state index contributed by atoms with van der Waals surface area (Å²) >= 11 is 6.78. The van der Waals surface area contributed by atoms with Gasteiger partial charge in [0.15, 0.2) is 4.08 Å². The van der Waals surface area contributed by atoms with E-state index in [1.807, 2.05) is 11.4 Å². The van der Waals surface area contributed by atoms with E-state index in [-0.39, 0.29) is 0 Å². The van der Waals surface area contributed by atoms with Crippen LogP contribution in [0.15, 0.2) is 27.8 Å². The molecule has 0 aromatic carbocycles. The highest BCUT2D eigenvalue weighted by Crippen LogP contribution is 2.54. The Balaban J connectivity index is 2.53. The van der Waals surface area contributed by atoms with Gasteiger partial charge in [0.1, 0.15) is 0 Å². The molecule has 0 aliphatic carbocycles. The van der Waals surface area contributed by atoms with E-state index in [1.54, 1.807) is 12.1 Å². The van der Waals surface area contributed by atoms with E-state index < -0.39 is 14.1 Å². The summed E-state index contributed by atoms with van der Waals surface area (Å²) in [5.41, 5.74) is 0. The minimum atomic E-state index is -3.65. The van der Waals surface area contributed by atoms with Gasteiger partial charge < -0.3 is 0 Å². The van der Waals surface area contributed by atoms with Crippen molar-refractivity contribution in [3.8, 4) is 0 Å². The van der Waals surface area contributed by atoms with Gasteiger partial charge in [-0.1, -0.05) is 23.9 Å². The molecule has 1 aliphatic heterocycles. The first-order valence-electron chi connectivity index (χ1n) is 4.10. The van der Waals surface area contributed by atoms with Crippen molar-refractivity contribution in [2.45, 2.75) is 10.5 Å². The first kappa shape index (κ1) is 11.5. The Kier molecular flexibility index (Phi) is 2.93. The van der Waals surface area contributed by atoms with Crippen LogP contribution in [0, 0.1) is 0 Å². The summed E-state index contributed by atoms with van der Waals surface area (Å²) in [7, 11) is -3.65. The summed E-state index contributed by atoms with van der Waals surface area (Å²) in [5.74, 6) is 0. The SMILES string of the molecule is NS(=O)(=O)[C@]1(c2cccs2)CC=C(S)S1. The summed E-state index contributed by atoms with van der Waals surface area (Å²) in [4.78, 5) is 0.760. The lowest BCUT2D eigenvalue weighted by Crippen LogP contribution is -2.35. The van der Waals surface area contributed by atoms with Gasteiger partial charge in [0.05, 0.1) is 0 Å². The number of rotatable bonds is 2. The van der Waals surface area contributed by atoms with Crippen molar-refractivity contribution in [2.75, 3.05) is 0 Å². The van der Waals surface area contributed by atoms with Gasteiger partial charge in [0, 0.05) is 15.5 Å². The molecular formula is C8H9NO2S4. The van der Waals surface area contributed by atoms with Crippen LogP contribution >= 0.6 is 35.7 Å². The molecule has 2 heterocycles. The first-order chi connectivity index (χ1) is 6.96. The smallest absolute Gasteiger partial charge is 0.227 e. The molecule has 15 heavy (non-hydrogen) atoms. The van der Waals surface area contributed by atoms with Gasteiger partial charge in [-0.2, -0.15) is 0 Å². The molecule has 0 amide bonds.